The van der Waals surface area contributed by atoms with Crippen molar-refractivity contribution in [2.45, 2.75) is 39.2 Å². The summed E-state index contributed by atoms with van der Waals surface area (Å²) in [5.41, 5.74) is 5.31. The number of allylic oxidation sites excluding steroid dienone is 1. The van der Waals surface area contributed by atoms with Gasteiger partial charge in [-0.3, -0.25) is 9.59 Å². The van der Waals surface area contributed by atoms with Crippen molar-refractivity contribution in [3.63, 3.8) is 0 Å². The lowest BCUT2D eigenvalue weighted by molar-refractivity contribution is -0.120. The molecule has 3 aromatic carbocycles. The second-order valence-corrected chi connectivity index (χ2v) is 11.7. The summed E-state index contributed by atoms with van der Waals surface area (Å²) >= 11 is 0. The molecule has 8 heteroatoms. The minimum Gasteiger partial charge on any atom is -0.361 e. The fourth-order valence-corrected chi connectivity index (χ4v) is 6.12. The third-order valence-electron chi connectivity index (χ3n) is 7.95. The van der Waals surface area contributed by atoms with Crippen LogP contribution in [0.5, 0.6) is 0 Å². The molecule has 0 saturated carbocycles. The van der Waals surface area contributed by atoms with Crippen molar-refractivity contribution in [2.75, 3.05) is 23.3 Å². The van der Waals surface area contributed by atoms with Crippen molar-refractivity contribution in [1.29, 1.82) is 0 Å². The summed E-state index contributed by atoms with van der Waals surface area (Å²) < 4.78 is 27.8. The number of anilines is 2. The molecule has 3 N–H and O–H groups in total. The molecule has 1 atom stereocenters. The molecule has 6 rings (SSSR count). The van der Waals surface area contributed by atoms with Gasteiger partial charge in [0.2, 0.25) is 5.91 Å². The highest BCUT2D eigenvalue weighted by Gasteiger charge is 2.41. The predicted molar refractivity (Wildman–Crippen MR) is 157 cm³/mol. The zero-order valence-electron chi connectivity index (χ0n) is 23.1. The first kappa shape index (κ1) is 26.7. The molecule has 1 amide bonds. The number of rotatable bonds is 6. The molecule has 1 unspecified atom stereocenters. The molecule has 2 heterocycles. The zero-order valence-corrected chi connectivity index (χ0v) is 23.1. The van der Waals surface area contributed by atoms with Crippen LogP contribution >= 0.6 is 0 Å². The van der Waals surface area contributed by atoms with E-state index in [-0.39, 0.29) is 35.3 Å². The van der Waals surface area contributed by atoms with Gasteiger partial charge in [-0.15, -0.1) is 0 Å². The number of nitrogens with zero attached hydrogens (tertiary/aromatic N) is 1. The number of hydrogen-bond donors (Lipinski definition) is 3. The first-order valence-corrected chi connectivity index (χ1v) is 13.9. The van der Waals surface area contributed by atoms with Crippen LogP contribution in [0.4, 0.5) is 20.2 Å². The Morgan fingerprint density at radius 3 is 2.59 bits per heavy atom. The van der Waals surface area contributed by atoms with Crippen molar-refractivity contribution in [3.8, 4) is 0 Å². The molecule has 210 valence electrons. The number of H-pyrrole nitrogens is 1. The molecule has 0 saturated heterocycles. The lowest BCUT2D eigenvalue weighted by atomic mass is 9.73. The lowest BCUT2D eigenvalue weighted by Crippen LogP contribution is -2.42. The van der Waals surface area contributed by atoms with Gasteiger partial charge in [-0.2, -0.15) is 0 Å². The Morgan fingerprint density at radius 2 is 1.78 bits per heavy atom. The van der Waals surface area contributed by atoms with E-state index in [1.54, 1.807) is 18.2 Å². The molecule has 0 spiro atoms. The van der Waals surface area contributed by atoms with Gasteiger partial charge >= 0.3 is 0 Å². The minimum absolute atomic E-state index is 0.0165. The number of ketones is 1. The Labute approximate surface area is 237 Å². The molecule has 41 heavy (non-hydrogen) atoms. The third kappa shape index (κ3) is 5.34. The van der Waals surface area contributed by atoms with Gasteiger partial charge in [0, 0.05) is 41.3 Å². The molecule has 4 aromatic rings. The summed E-state index contributed by atoms with van der Waals surface area (Å²) in [6.07, 6.45) is 3.41. The van der Waals surface area contributed by atoms with E-state index in [4.69, 9.17) is 0 Å². The van der Waals surface area contributed by atoms with E-state index in [0.717, 1.165) is 39.1 Å². The van der Waals surface area contributed by atoms with E-state index in [9.17, 15) is 18.4 Å². The highest BCUT2D eigenvalue weighted by atomic mass is 19.1. The van der Waals surface area contributed by atoms with Gasteiger partial charge in [0.05, 0.1) is 24.0 Å². The van der Waals surface area contributed by atoms with Crippen molar-refractivity contribution >= 4 is 34.0 Å². The number of nitrogens with one attached hydrogen (secondary N) is 3. The summed E-state index contributed by atoms with van der Waals surface area (Å²) in [4.78, 5) is 32.3. The van der Waals surface area contributed by atoms with Gasteiger partial charge in [-0.05, 0) is 71.8 Å². The Bertz CT molecular complexity index is 1670. The van der Waals surface area contributed by atoms with Crippen LogP contribution in [0.25, 0.3) is 10.9 Å². The van der Waals surface area contributed by atoms with E-state index in [2.05, 4.69) is 29.5 Å². The van der Waals surface area contributed by atoms with Crippen LogP contribution in [-0.2, 0) is 16.0 Å². The van der Waals surface area contributed by atoms with Crippen LogP contribution in [0.15, 0.2) is 84.2 Å². The molecule has 6 nitrogen and oxygen atoms in total. The van der Waals surface area contributed by atoms with Crippen molar-refractivity contribution < 1.29 is 18.4 Å². The van der Waals surface area contributed by atoms with Crippen LogP contribution in [0, 0.1) is 17.0 Å². The Balaban J connectivity index is 1.32. The predicted octanol–water partition coefficient (Wildman–Crippen LogP) is 6.42. The second-order valence-electron chi connectivity index (χ2n) is 11.7. The molecule has 0 bridgehead atoms. The van der Waals surface area contributed by atoms with E-state index < -0.39 is 6.04 Å². The first-order valence-electron chi connectivity index (χ1n) is 13.9. The van der Waals surface area contributed by atoms with Crippen molar-refractivity contribution in [2.24, 2.45) is 5.41 Å². The number of aromatic amines is 1. The topological polar surface area (TPSA) is 77.2 Å². The van der Waals surface area contributed by atoms with Gasteiger partial charge in [-0.25, -0.2) is 8.78 Å². The minimum atomic E-state index is -0.576. The number of para-hydroxylation sites is 2. The number of hydrogen-bond acceptors (Lipinski definition) is 4. The molecule has 1 aromatic heterocycles. The Morgan fingerprint density at radius 1 is 1.02 bits per heavy atom. The van der Waals surface area contributed by atoms with Gasteiger partial charge in [0.25, 0.3) is 0 Å². The van der Waals surface area contributed by atoms with Gasteiger partial charge in [-0.1, -0.05) is 38.1 Å². The van der Waals surface area contributed by atoms with Crippen LogP contribution in [0.1, 0.15) is 43.9 Å². The smallest absolute Gasteiger partial charge is 0.239 e. The normalized spacial score (nSPS) is 18.0. The van der Waals surface area contributed by atoms with E-state index >= 15 is 0 Å². The molecular formula is C33H32F2N4O2. The maximum Gasteiger partial charge on any atom is 0.239 e. The van der Waals surface area contributed by atoms with E-state index in [0.29, 0.717) is 31.4 Å². The number of aromatic nitrogens is 1. The van der Waals surface area contributed by atoms with Crippen LogP contribution < -0.4 is 15.5 Å². The number of halogens is 2. The van der Waals surface area contributed by atoms with Crippen molar-refractivity contribution in [3.05, 3.63) is 107 Å². The third-order valence-corrected chi connectivity index (χ3v) is 7.95. The number of benzene rings is 3. The number of Topliss-reactive ketones (excluding diaryl/α,β-unsaturated/α-hetero) is 1. The molecule has 2 aliphatic rings. The summed E-state index contributed by atoms with van der Waals surface area (Å²) in [6.45, 7) is 4.50. The monoisotopic (exact) mass is 554 g/mol. The zero-order chi connectivity index (χ0) is 28.7. The molecule has 1 aliphatic heterocycles. The Kier molecular flexibility index (Phi) is 6.85. The van der Waals surface area contributed by atoms with Gasteiger partial charge < -0.3 is 20.5 Å². The SMILES string of the molecule is CC1(C)CC(=O)C2=C(C1)Nc1ccccc1N(CC(=O)NCCc1c[nH]c3ccc(F)cc13)C2c1ccc(F)cc1. The summed E-state index contributed by atoms with van der Waals surface area (Å²) in [5, 5.41) is 7.32. The molecular weight excluding hydrogens is 522 g/mol. The number of carbonyl (C=O) groups is 2. The first-order chi connectivity index (χ1) is 19.7. The maximum absolute atomic E-state index is 14.0. The van der Waals surface area contributed by atoms with E-state index in [1.165, 1.54) is 24.3 Å². The average molecular weight is 555 g/mol. The highest BCUT2D eigenvalue weighted by Crippen LogP contribution is 2.48. The summed E-state index contributed by atoms with van der Waals surface area (Å²) in [5.74, 6) is -0.877. The van der Waals surface area contributed by atoms with Crippen LogP contribution in [0.3, 0.4) is 0 Å². The molecule has 0 fully saturated rings. The number of fused-ring (bicyclic) bond motifs is 2. The highest BCUT2D eigenvalue weighted by molar-refractivity contribution is 6.02. The molecule has 0 radical (unpaired) electrons. The fraction of sp³-hybridized carbons (Fsp3) is 0.273. The van der Waals surface area contributed by atoms with Crippen LogP contribution in [0.2, 0.25) is 0 Å². The van der Waals surface area contributed by atoms with Crippen molar-refractivity contribution in [1.82, 2.24) is 10.3 Å². The van der Waals surface area contributed by atoms with E-state index in [1.807, 2.05) is 35.4 Å². The number of amides is 1. The lowest BCUT2D eigenvalue weighted by Gasteiger charge is -2.37. The van der Waals surface area contributed by atoms with Gasteiger partial charge in [0.15, 0.2) is 5.78 Å². The summed E-state index contributed by atoms with van der Waals surface area (Å²) in [7, 11) is 0. The average Bonchev–Trinajstić information content (AvgIpc) is 3.26. The van der Waals surface area contributed by atoms with Gasteiger partial charge in [0.1, 0.15) is 11.6 Å². The Hall–Kier alpha value is -4.46. The van der Waals surface area contributed by atoms with Crippen LogP contribution in [-0.4, -0.2) is 29.8 Å². The number of carbonyl (C=O) groups excluding carboxylic acids is 2. The standard InChI is InChI=1S/C33H32F2N4O2/c1-33(2)16-27-31(29(40)17-33)32(20-7-9-22(34)10-8-20)39(28-6-4-3-5-26(28)38-27)19-30(41)36-14-13-21-18-37-25-12-11-23(35)15-24(21)25/h3-12,15,18,32,37-38H,13-14,16-17,19H2,1-2H3,(H,36,41). The largest absolute Gasteiger partial charge is 0.361 e. The quantitative estimate of drug-likeness (QED) is 0.257. The second kappa shape index (κ2) is 10.5. The maximum atomic E-state index is 14.0. The molecule has 1 aliphatic carbocycles. The summed E-state index contributed by atoms with van der Waals surface area (Å²) in [6, 6.07) is 17.9. The fourth-order valence-electron chi connectivity index (χ4n) is 6.12.